The fraction of sp³-hybridized carbons (Fsp3) is 0.200. The zero-order valence-corrected chi connectivity index (χ0v) is 5.75. The van der Waals surface area contributed by atoms with Crippen molar-refractivity contribution >= 4 is 0 Å². The Morgan fingerprint density at radius 1 is 1.50 bits per heavy atom. The molecule has 0 aliphatic heterocycles. The fourth-order valence-electron chi connectivity index (χ4n) is 0.691. The monoisotopic (exact) mass is 177 g/mol. The third-order valence-corrected chi connectivity index (χ3v) is 1.23. The molecule has 5 nitrogen and oxygen atoms in total. The summed E-state index contributed by atoms with van der Waals surface area (Å²) in [6.45, 7) is 0. The van der Waals surface area contributed by atoms with Gasteiger partial charge in [0, 0.05) is 6.07 Å². The Morgan fingerprint density at radius 3 is 2.58 bits per heavy atom. The first-order valence-corrected chi connectivity index (χ1v) is 2.92. The summed E-state index contributed by atoms with van der Waals surface area (Å²) >= 11 is 0. The van der Waals surface area contributed by atoms with Crippen molar-refractivity contribution in [1.29, 1.82) is 0 Å². The minimum absolute atomic E-state index is 0.200. The number of hydrogen-bond donors (Lipinski definition) is 2. The van der Waals surface area contributed by atoms with Crippen molar-refractivity contribution in [2.45, 2.75) is 6.43 Å². The molecular weight excluding hydrogens is 172 g/mol. The highest BCUT2D eigenvalue weighted by molar-refractivity contribution is 5.02. The van der Waals surface area contributed by atoms with Crippen molar-refractivity contribution in [2.75, 3.05) is 5.84 Å². The lowest BCUT2D eigenvalue weighted by molar-refractivity contribution is 0.141. The lowest BCUT2D eigenvalue weighted by atomic mass is 10.4. The zero-order valence-electron chi connectivity index (χ0n) is 5.75. The highest BCUT2D eigenvalue weighted by atomic mass is 19.3. The first kappa shape index (κ1) is 8.44. The Hall–Kier alpha value is -1.66. The highest BCUT2D eigenvalue weighted by Gasteiger charge is 2.12. The van der Waals surface area contributed by atoms with E-state index in [1.54, 1.807) is 4.98 Å². The molecule has 1 heterocycles. The molecule has 1 aromatic rings. The van der Waals surface area contributed by atoms with Crippen molar-refractivity contribution in [2.24, 2.45) is 0 Å². The number of halogens is 2. The molecule has 1 aromatic heterocycles. The molecule has 1 rings (SSSR count). The van der Waals surface area contributed by atoms with Crippen LogP contribution in [0.2, 0.25) is 0 Å². The van der Waals surface area contributed by atoms with Crippen LogP contribution in [0.4, 0.5) is 8.78 Å². The normalized spacial score (nSPS) is 10.6. The summed E-state index contributed by atoms with van der Waals surface area (Å²) < 4.78 is 24.2. The fourth-order valence-corrected chi connectivity index (χ4v) is 0.691. The predicted octanol–water partition coefficient (Wildman–Crippen LogP) is -0.812. The molecule has 12 heavy (non-hydrogen) atoms. The molecule has 0 atom stereocenters. The van der Waals surface area contributed by atoms with Crippen LogP contribution < -0.4 is 17.1 Å². The minimum atomic E-state index is -2.94. The largest absolute Gasteiger partial charge is 0.347 e. The van der Waals surface area contributed by atoms with Gasteiger partial charge in [-0.1, -0.05) is 0 Å². The Bertz CT molecular complexity index is 394. The quantitative estimate of drug-likeness (QED) is 0.550. The van der Waals surface area contributed by atoms with Gasteiger partial charge < -0.3 is 5.84 Å². The van der Waals surface area contributed by atoms with E-state index in [0.717, 1.165) is 0 Å². The van der Waals surface area contributed by atoms with E-state index in [-0.39, 0.29) is 4.68 Å². The van der Waals surface area contributed by atoms with Crippen LogP contribution in [0.1, 0.15) is 12.1 Å². The Labute approximate surface area is 64.4 Å². The summed E-state index contributed by atoms with van der Waals surface area (Å²) in [5, 5.41) is 0. The number of nitrogens with two attached hydrogens (primary N) is 1. The zero-order chi connectivity index (χ0) is 9.30. The topological polar surface area (TPSA) is 80.9 Å². The first-order chi connectivity index (χ1) is 5.52. The third-order valence-electron chi connectivity index (χ3n) is 1.23. The summed E-state index contributed by atoms with van der Waals surface area (Å²) in [7, 11) is 0. The number of aromatic nitrogens is 2. The van der Waals surface area contributed by atoms with Gasteiger partial charge in [0.1, 0.15) is 5.69 Å². The minimum Gasteiger partial charge on any atom is -0.335 e. The van der Waals surface area contributed by atoms with E-state index < -0.39 is 23.4 Å². The SMILES string of the molecule is Nn1c(C(F)F)cc(=O)[nH]c1=O. The van der Waals surface area contributed by atoms with Gasteiger partial charge in [-0.3, -0.25) is 9.78 Å². The second kappa shape index (κ2) is 2.76. The Balaban J connectivity index is 3.49. The van der Waals surface area contributed by atoms with Gasteiger partial charge in [-0.05, 0) is 0 Å². The summed E-state index contributed by atoms with van der Waals surface area (Å²) in [5.74, 6) is 4.91. The van der Waals surface area contributed by atoms with Crippen LogP contribution in [0.3, 0.4) is 0 Å². The molecule has 0 aromatic carbocycles. The average Bonchev–Trinajstić information content (AvgIpc) is 1.96. The van der Waals surface area contributed by atoms with Gasteiger partial charge in [0.2, 0.25) is 0 Å². The second-order valence-corrected chi connectivity index (χ2v) is 2.03. The van der Waals surface area contributed by atoms with E-state index in [1.165, 1.54) is 0 Å². The first-order valence-electron chi connectivity index (χ1n) is 2.92. The third kappa shape index (κ3) is 1.34. The number of rotatable bonds is 1. The van der Waals surface area contributed by atoms with Gasteiger partial charge >= 0.3 is 5.69 Å². The average molecular weight is 177 g/mol. The van der Waals surface area contributed by atoms with Crippen molar-refractivity contribution in [1.82, 2.24) is 9.66 Å². The van der Waals surface area contributed by atoms with Gasteiger partial charge in [0.15, 0.2) is 0 Å². The maximum Gasteiger partial charge on any atom is 0.347 e. The van der Waals surface area contributed by atoms with E-state index >= 15 is 0 Å². The van der Waals surface area contributed by atoms with E-state index in [9.17, 15) is 18.4 Å². The van der Waals surface area contributed by atoms with E-state index in [1.807, 2.05) is 0 Å². The molecule has 7 heteroatoms. The van der Waals surface area contributed by atoms with Gasteiger partial charge in [0.25, 0.3) is 12.0 Å². The molecular formula is C5H5F2N3O2. The van der Waals surface area contributed by atoms with Crippen molar-refractivity contribution in [3.8, 4) is 0 Å². The van der Waals surface area contributed by atoms with Crippen molar-refractivity contribution < 1.29 is 8.78 Å². The van der Waals surface area contributed by atoms with Crippen LogP contribution in [-0.4, -0.2) is 9.66 Å². The molecule has 3 N–H and O–H groups in total. The van der Waals surface area contributed by atoms with Crippen LogP contribution in [-0.2, 0) is 0 Å². The number of nitrogens with zero attached hydrogens (tertiary/aromatic N) is 1. The Morgan fingerprint density at radius 2 is 2.08 bits per heavy atom. The maximum absolute atomic E-state index is 12.0. The molecule has 0 spiro atoms. The smallest absolute Gasteiger partial charge is 0.335 e. The highest BCUT2D eigenvalue weighted by Crippen LogP contribution is 2.12. The van der Waals surface area contributed by atoms with Gasteiger partial charge in [-0.2, -0.15) is 0 Å². The number of H-pyrrole nitrogens is 1. The lowest BCUT2D eigenvalue weighted by Crippen LogP contribution is -2.36. The van der Waals surface area contributed by atoms with E-state index in [4.69, 9.17) is 5.84 Å². The molecule has 0 aliphatic carbocycles. The van der Waals surface area contributed by atoms with Crippen LogP contribution in [0.15, 0.2) is 15.7 Å². The van der Waals surface area contributed by atoms with E-state index in [2.05, 4.69) is 0 Å². The van der Waals surface area contributed by atoms with E-state index in [0.29, 0.717) is 6.07 Å². The molecule has 0 saturated carbocycles. The van der Waals surface area contributed by atoms with Crippen LogP contribution >= 0.6 is 0 Å². The molecule has 66 valence electrons. The van der Waals surface area contributed by atoms with Crippen molar-refractivity contribution in [3.63, 3.8) is 0 Å². The number of aromatic amines is 1. The summed E-state index contributed by atoms with van der Waals surface area (Å²) in [5.41, 5.74) is -2.75. The standard InChI is InChI=1S/C5H5F2N3O2/c6-4(7)2-1-3(11)9-5(12)10(2)8/h1,4H,8H2,(H,9,11,12). The predicted molar refractivity (Wildman–Crippen MR) is 36.4 cm³/mol. The lowest BCUT2D eigenvalue weighted by Gasteiger charge is -2.03. The second-order valence-electron chi connectivity index (χ2n) is 2.03. The molecule has 0 saturated heterocycles. The number of hydrogen-bond acceptors (Lipinski definition) is 3. The summed E-state index contributed by atoms with van der Waals surface area (Å²) in [4.78, 5) is 22.9. The van der Waals surface area contributed by atoms with Gasteiger partial charge in [0.05, 0.1) is 0 Å². The number of nitrogens with one attached hydrogen (secondary N) is 1. The van der Waals surface area contributed by atoms with Crippen LogP contribution in [0, 0.1) is 0 Å². The molecule has 0 unspecified atom stereocenters. The van der Waals surface area contributed by atoms with Crippen LogP contribution in [0.5, 0.6) is 0 Å². The molecule has 0 fully saturated rings. The summed E-state index contributed by atoms with van der Waals surface area (Å²) in [6, 6.07) is 0.575. The number of alkyl halides is 2. The molecule has 0 aliphatic rings. The maximum atomic E-state index is 12.0. The van der Waals surface area contributed by atoms with Gasteiger partial charge in [-0.25, -0.2) is 18.3 Å². The van der Waals surface area contributed by atoms with Crippen molar-refractivity contribution in [3.05, 3.63) is 32.6 Å². The molecule has 0 amide bonds. The number of nitrogen functional groups attached to an aromatic ring is 1. The summed E-state index contributed by atoms with van der Waals surface area (Å²) in [6.07, 6.45) is -2.94. The van der Waals surface area contributed by atoms with Crippen LogP contribution in [0.25, 0.3) is 0 Å². The van der Waals surface area contributed by atoms with Gasteiger partial charge in [-0.15, -0.1) is 0 Å². The molecule has 0 radical (unpaired) electrons. The Kier molecular flexibility index (Phi) is 1.94. The molecule has 0 bridgehead atoms.